The predicted molar refractivity (Wildman–Crippen MR) is 163 cm³/mol. The third kappa shape index (κ3) is 7.88. The molecule has 0 atom stereocenters. The molecule has 0 spiro atoms. The van der Waals surface area contributed by atoms with Crippen LogP contribution >= 0.6 is 0 Å². The maximum absolute atomic E-state index is 14.0. The lowest BCUT2D eigenvalue weighted by Crippen LogP contribution is -2.50. The van der Waals surface area contributed by atoms with E-state index in [1.165, 1.54) is 24.3 Å². The number of amidine groups is 1. The van der Waals surface area contributed by atoms with Crippen LogP contribution < -0.4 is 15.1 Å². The van der Waals surface area contributed by atoms with Gasteiger partial charge in [0.1, 0.15) is 17.5 Å². The lowest BCUT2D eigenvalue weighted by Gasteiger charge is -2.37. The molecule has 244 valence electrons. The molecule has 0 radical (unpaired) electrons. The molecule has 0 aliphatic carbocycles. The van der Waals surface area contributed by atoms with Crippen LogP contribution in [0.15, 0.2) is 60.7 Å². The SMILES string of the molecule is CN1CCN(c2ccc(C(=O)NC(=N)c3cccc(Cc4cc(F)cc(F)c4)c3)c(N(C(=O)C(F)(F)F)C3CCOCC3)c2)CC1. The van der Waals surface area contributed by atoms with Gasteiger partial charge in [-0.05, 0) is 73.8 Å². The molecule has 5 rings (SSSR count). The third-order valence-corrected chi connectivity index (χ3v) is 8.16. The molecule has 0 saturated carbocycles. The largest absolute Gasteiger partial charge is 0.471 e. The molecular formula is C33H34F5N5O3. The minimum absolute atomic E-state index is 0.152. The number of hydrogen-bond donors (Lipinski definition) is 2. The van der Waals surface area contributed by atoms with Gasteiger partial charge in [0.15, 0.2) is 0 Å². The predicted octanol–water partition coefficient (Wildman–Crippen LogP) is 5.14. The number of nitrogens with zero attached hydrogens (tertiary/aromatic N) is 3. The normalized spacial score (nSPS) is 16.3. The van der Waals surface area contributed by atoms with Gasteiger partial charge in [-0.15, -0.1) is 0 Å². The summed E-state index contributed by atoms with van der Waals surface area (Å²) in [7, 11) is 1.97. The van der Waals surface area contributed by atoms with Crippen LogP contribution in [0.2, 0.25) is 0 Å². The van der Waals surface area contributed by atoms with Gasteiger partial charge in [0.2, 0.25) is 0 Å². The first kappa shape index (κ1) is 33.0. The Kier molecular flexibility index (Phi) is 10.0. The third-order valence-electron chi connectivity index (χ3n) is 8.16. The second-order valence-electron chi connectivity index (χ2n) is 11.5. The number of carbonyl (C=O) groups is 2. The van der Waals surface area contributed by atoms with E-state index < -0.39 is 35.7 Å². The highest BCUT2D eigenvalue weighted by atomic mass is 19.4. The van der Waals surface area contributed by atoms with Crippen molar-refractivity contribution in [1.29, 1.82) is 5.41 Å². The smallest absolute Gasteiger partial charge is 0.381 e. The molecule has 2 aliphatic rings. The minimum atomic E-state index is -5.20. The monoisotopic (exact) mass is 643 g/mol. The van der Waals surface area contributed by atoms with Crippen LogP contribution in [0.25, 0.3) is 0 Å². The van der Waals surface area contributed by atoms with E-state index >= 15 is 0 Å². The first-order valence-corrected chi connectivity index (χ1v) is 14.9. The van der Waals surface area contributed by atoms with E-state index in [9.17, 15) is 31.5 Å². The van der Waals surface area contributed by atoms with Gasteiger partial charge in [-0.25, -0.2) is 8.78 Å². The fourth-order valence-electron chi connectivity index (χ4n) is 5.76. The molecule has 0 unspecified atom stereocenters. The highest BCUT2D eigenvalue weighted by Gasteiger charge is 2.46. The molecule has 46 heavy (non-hydrogen) atoms. The van der Waals surface area contributed by atoms with Crippen LogP contribution in [-0.4, -0.2) is 81.2 Å². The van der Waals surface area contributed by atoms with Crippen molar-refractivity contribution in [2.45, 2.75) is 31.5 Å². The number of alkyl halides is 3. The van der Waals surface area contributed by atoms with Gasteiger partial charge in [0.05, 0.1) is 11.3 Å². The van der Waals surface area contributed by atoms with Gasteiger partial charge >= 0.3 is 12.1 Å². The van der Waals surface area contributed by atoms with Crippen LogP contribution in [-0.2, 0) is 16.0 Å². The lowest BCUT2D eigenvalue weighted by atomic mass is 10.0. The summed E-state index contributed by atoms with van der Waals surface area (Å²) in [5.74, 6) is -4.74. The van der Waals surface area contributed by atoms with Gasteiger partial charge in [-0.2, -0.15) is 13.2 Å². The van der Waals surface area contributed by atoms with Crippen molar-refractivity contribution in [1.82, 2.24) is 10.2 Å². The molecule has 2 aliphatic heterocycles. The highest BCUT2D eigenvalue weighted by molar-refractivity contribution is 6.15. The van der Waals surface area contributed by atoms with E-state index in [2.05, 4.69) is 10.2 Å². The maximum Gasteiger partial charge on any atom is 0.471 e. The Morgan fingerprint density at radius 3 is 2.26 bits per heavy atom. The molecule has 2 N–H and O–H groups in total. The molecule has 0 bridgehead atoms. The van der Waals surface area contributed by atoms with E-state index in [1.807, 2.05) is 11.9 Å². The quantitative estimate of drug-likeness (QED) is 0.212. The Hall–Kier alpha value is -4.36. The van der Waals surface area contributed by atoms with Gasteiger partial charge < -0.3 is 24.8 Å². The summed E-state index contributed by atoms with van der Waals surface area (Å²) in [5, 5.41) is 11.1. The van der Waals surface area contributed by atoms with Crippen molar-refractivity contribution in [2.24, 2.45) is 0 Å². The zero-order valence-electron chi connectivity index (χ0n) is 25.2. The fourth-order valence-corrected chi connectivity index (χ4v) is 5.76. The van der Waals surface area contributed by atoms with Gasteiger partial charge in [0, 0.05) is 62.8 Å². The average molecular weight is 644 g/mol. The lowest BCUT2D eigenvalue weighted by molar-refractivity contribution is -0.171. The molecule has 8 nitrogen and oxygen atoms in total. The van der Waals surface area contributed by atoms with E-state index in [4.69, 9.17) is 10.1 Å². The van der Waals surface area contributed by atoms with Crippen LogP contribution in [0.3, 0.4) is 0 Å². The molecule has 2 saturated heterocycles. The van der Waals surface area contributed by atoms with E-state index in [0.29, 0.717) is 34.8 Å². The summed E-state index contributed by atoms with van der Waals surface area (Å²) >= 11 is 0. The number of carbonyl (C=O) groups excluding carboxylic acids is 2. The van der Waals surface area contributed by atoms with Crippen LogP contribution in [0.5, 0.6) is 0 Å². The molecule has 0 aromatic heterocycles. The maximum atomic E-state index is 14.0. The Balaban J connectivity index is 1.46. The number of rotatable bonds is 7. The number of nitrogens with one attached hydrogen (secondary N) is 2. The first-order chi connectivity index (χ1) is 21.9. The molecule has 13 heteroatoms. The number of likely N-dealkylation sites (N-methyl/N-ethyl adjacent to an activating group) is 1. The summed E-state index contributed by atoms with van der Waals surface area (Å²) < 4.78 is 74.8. The van der Waals surface area contributed by atoms with E-state index in [-0.39, 0.29) is 55.1 Å². The van der Waals surface area contributed by atoms with Crippen LogP contribution in [0.1, 0.15) is 39.9 Å². The zero-order chi connectivity index (χ0) is 33.0. The van der Waals surface area contributed by atoms with Gasteiger partial charge in [0.25, 0.3) is 5.91 Å². The van der Waals surface area contributed by atoms with Crippen molar-refractivity contribution >= 4 is 29.0 Å². The number of piperazine rings is 1. The van der Waals surface area contributed by atoms with Crippen LogP contribution in [0.4, 0.5) is 33.3 Å². The summed E-state index contributed by atoms with van der Waals surface area (Å²) in [5.41, 5.74) is 1.43. The van der Waals surface area contributed by atoms with Crippen molar-refractivity contribution in [3.8, 4) is 0 Å². The Labute approximate surface area is 263 Å². The number of benzene rings is 3. The van der Waals surface area contributed by atoms with Crippen molar-refractivity contribution in [3.63, 3.8) is 0 Å². The van der Waals surface area contributed by atoms with E-state index in [1.54, 1.807) is 30.3 Å². The van der Waals surface area contributed by atoms with Crippen molar-refractivity contribution in [2.75, 3.05) is 56.2 Å². The zero-order valence-corrected chi connectivity index (χ0v) is 25.2. The van der Waals surface area contributed by atoms with Crippen LogP contribution in [0, 0.1) is 17.0 Å². The molecule has 2 amide bonds. The summed E-state index contributed by atoms with van der Waals surface area (Å²) in [4.78, 5) is 31.4. The number of anilines is 2. The number of amides is 2. The summed E-state index contributed by atoms with van der Waals surface area (Å²) in [6.07, 6.45) is -4.74. The molecule has 2 fully saturated rings. The number of ether oxygens (including phenoxy) is 1. The molecular weight excluding hydrogens is 609 g/mol. The standard InChI is InChI=1S/C33H34F5N5O3/c1-41-9-11-42(12-10-41)27-5-6-28(29(20-27)43(32(45)33(36,37)38)26-7-13-46-14-8-26)31(44)40-30(39)23-4-2-3-21(16-23)15-22-17-24(34)19-25(35)18-22/h2-6,16-20,26H,7-15H2,1H3,(H2,39,40,44). The minimum Gasteiger partial charge on any atom is -0.381 e. The first-order valence-electron chi connectivity index (χ1n) is 14.9. The Morgan fingerprint density at radius 2 is 1.61 bits per heavy atom. The Morgan fingerprint density at radius 1 is 0.935 bits per heavy atom. The van der Waals surface area contributed by atoms with E-state index in [0.717, 1.165) is 19.2 Å². The number of hydrogen-bond acceptors (Lipinski definition) is 6. The second-order valence-corrected chi connectivity index (χ2v) is 11.5. The van der Waals surface area contributed by atoms with Crippen molar-refractivity contribution in [3.05, 3.63) is 94.6 Å². The topological polar surface area (TPSA) is 89.0 Å². The molecule has 3 aromatic rings. The highest BCUT2D eigenvalue weighted by Crippen LogP contribution is 2.35. The molecule has 3 aromatic carbocycles. The fraction of sp³-hybridized carbons (Fsp3) is 0.364. The average Bonchev–Trinajstić information content (AvgIpc) is 3.01. The van der Waals surface area contributed by atoms with Gasteiger partial charge in [-0.1, -0.05) is 18.2 Å². The number of halogens is 5. The van der Waals surface area contributed by atoms with Gasteiger partial charge in [-0.3, -0.25) is 15.0 Å². The summed E-state index contributed by atoms with van der Waals surface area (Å²) in [6.45, 7) is 3.00. The second kappa shape index (κ2) is 14.0. The summed E-state index contributed by atoms with van der Waals surface area (Å²) in [6, 6.07) is 13.2. The molecule has 2 heterocycles. The Bertz CT molecular complexity index is 1580. The van der Waals surface area contributed by atoms with Crippen molar-refractivity contribution < 1.29 is 36.3 Å².